The van der Waals surface area contributed by atoms with E-state index in [1.807, 2.05) is 6.07 Å². The summed E-state index contributed by atoms with van der Waals surface area (Å²) in [5.74, 6) is 0. The van der Waals surface area contributed by atoms with Crippen molar-refractivity contribution in [1.29, 1.82) is 0 Å². The van der Waals surface area contributed by atoms with Crippen LogP contribution in [0.3, 0.4) is 0 Å². The zero-order valence-corrected chi connectivity index (χ0v) is 15.7. The third kappa shape index (κ3) is 2.43. The van der Waals surface area contributed by atoms with E-state index in [2.05, 4.69) is 70.0 Å². The van der Waals surface area contributed by atoms with E-state index in [1.165, 1.54) is 5.56 Å². The van der Waals surface area contributed by atoms with Gasteiger partial charge in [-0.05, 0) is 18.4 Å². The molecule has 0 aromatic heterocycles. The van der Waals surface area contributed by atoms with Gasteiger partial charge in [0.15, 0.2) is 0 Å². The minimum Gasteiger partial charge on any atom is -0.370 e. The van der Waals surface area contributed by atoms with Crippen LogP contribution in [0.25, 0.3) is 0 Å². The predicted molar refractivity (Wildman–Crippen MR) is 92.2 cm³/mol. The van der Waals surface area contributed by atoms with Crippen LogP contribution in [-0.4, -0.2) is 27.0 Å². The number of halogens is 2. The van der Waals surface area contributed by atoms with Gasteiger partial charge in [-0.3, -0.25) is 0 Å². The van der Waals surface area contributed by atoms with Crippen molar-refractivity contribution in [2.24, 2.45) is 0 Å². The second-order valence-corrected chi connectivity index (χ2v) is 8.09. The lowest BCUT2D eigenvalue weighted by Gasteiger charge is -2.38. The molecule has 2 unspecified atom stereocenters. The third-order valence-electron chi connectivity index (χ3n) is 5.14. The van der Waals surface area contributed by atoms with Crippen molar-refractivity contribution in [1.82, 2.24) is 0 Å². The molecule has 4 heteroatoms. The number of fused-ring (bicyclic) bond motifs is 2. The van der Waals surface area contributed by atoms with Gasteiger partial charge in [-0.2, -0.15) is 0 Å². The van der Waals surface area contributed by atoms with Crippen molar-refractivity contribution in [2.75, 3.05) is 0 Å². The van der Waals surface area contributed by atoms with Crippen LogP contribution >= 0.6 is 31.9 Å². The number of hydrogen-bond donors (Lipinski definition) is 0. The molecule has 2 saturated heterocycles. The summed E-state index contributed by atoms with van der Waals surface area (Å²) in [6.07, 6.45) is 3.10. The highest BCUT2D eigenvalue weighted by molar-refractivity contribution is 9.12. The number of benzene rings is 1. The molecule has 1 aromatic carbocycles. The van der Waals surface area contributed by atoms with E-state index in [0.29, 0.717) is 16.3 Å². The molecule has 5 atom stereocenters. The van der Waals surface area contributed by atoms with E-state index in [4.69, 9.17) is 9.47 Å². The maximum atomic E-state index is 6.55. The highest BCUT2D eigenvalue weighted by atomic mass is 79.9. The fourth-order valence-electron chi connectivity index (χ4n) is 3.77. The number of ether oxygens (including phenoxy) is 2. The van der Waals surface area contributed by atoms with Crippen LogP contribution in [-0.2, 0) is 16.1 Å². The Kier molecular flexibility index (Phi) is 4.53. The highest BCUT2D eigenvalue weighted by Gasteiger charge is 2.69. The Labute approximate surface area is 143 Å². The average Bonchev–Trinajstić information content (AvgIpc) is 2.98. The quantitative estimate of drug-likeness (QED) is 0.638. The van der Waals surface area contributed by atoms with Crippen LogP contribution in [0, 0.1) is 0 Å². The summed E-state index contributed by atoms with van der Waals surface area (Å²) in [4.78, 5) is 0.649. The standard InChI is InChI=1S/C17H22Br2O2/c1-3-16-10-13(20-11-12-8-6-5-7-9-12)17(4-2,21-16)15(19)14(16)18/h5-9,13-15H,3-4,10-11H2,1-2H3/t13-,14?,15?,16+,17-/m0/s1. The zero-order valence-electron chi connectivity index (χ0n) is 12.5. The van der Waals surface area contributed by atoms with Crippen LogP contribution < -0.4 is 0 Å². The predicted octanol–water partition coefficient (Wildman–Crippen LogP) is 4.83. The first-order valence-electron chi connectivity index (χ1n) is 7.72. The van der Waals surface area contributed by atoms with Gasteiger partial charge in [-0.25, -0.2) is 0 Å². The molecule has 2 bridgehead atoms. The minimum atomic E-state index is -0.209. The smallest absolute Gasteiger partial charge is 0.109 e. The molecule has 3 rings (SSSR count). The van der Waals surface area contributed by atoms with Gasteiger partial charge in [0, 0.05) is 6.42 Å². The minimum absolute atomic E-state index is 0.0917. The first-order chi connectivity index (χ1) is 10.1. The topological polar surface area (TPSA) is 18.5 Å². The van der Waals surface area contributed by atoms with Gasteiger partial charge in [0.2, 0.25) is 0 Å². The van der Waals surface area contributed by atoms with Crippen molar-refractivity contribution in [3.8, 4) is 0 Å². The maximum absolute atomic E-state index is 6.55. The lowest BCUT2D eigenvalue weighted by atomic mass is 9.77. The summed E-state index contributed by atoms with van der Waals surface area (Å²) in [7, 11) is 0. The molecule has 2 aliphatic rings. The molecule has 0 radical (unpaired) electrons. The molecule has 0 N–H and O–H groups in total. The fraction of sp³-hybridized carbons (Fsp3) is 0.647. The van der Waals surface area contributed by atoms with Gasteiger partial charge in [-0.15, -0.1) is 0 Å². The molecule has 2 fully saturated rings. The summed E-state index contributed by atoms with van der Waals surface area (Å²) in [5.41, 5.74) is 0.920. The summed E-state index contributed by atoms with van der Waals surface area (Å²) < 4.78 is 12.8. The number of alkyl halides is 2. The van der Waals surface area contributed by atoms with Crippen molar-refractivity contribution in [3.05, 3.63) is 35.9 Å². The molecule has 2 nitrogen and oxygen atoms in total. The lowest BCUT2D eigenvalue weighted by Crippen LogP contribution is -2.51. The molecule has 2 heterocycles. The molecular formula is C17H22Br2O2. The summed E-state index contributed by atoms with van der Waals surface area (Å²) >= 11 is 7.72. The van der Waals surface area contributed by atoms with Crippen molar-refractivity contribution in [2.45, 2.75) is 66.7 Å². The number of rotatable bonds is 5. The highest BCUT2D eigenvalue weighted by Crippen LogP contribution is 2.59. The van der Waals surface area contributed by atoms with Crippen LogP contribution in [0.1, 0.15) is 38.7 Å². The monoisotopic (exact) mass is 416 g/mol. The Hall–Kier alpha value is 0.1000. The van der Waals surface area contributed by atoms with E-state index in [1.54, 1.807) is 0 Å². The van der Waals surface area contributed by atoms with Gasteiger partial charge in [-0.1, -0.05) is 76.0 Å². The third-order valence-corrected chi connectivity index (χ3v) is 8.52. The van der Waals surface area contributed by atoms with Gasteiger partial charge in [0.1, 0.15) is 5.60 Å². The molecule has 116 valence electrons. The molecular weight excluding hydrogens is 396 g/mol. The fourth-order valence-corrected chi connectivity index (χ4v) is 6.01. The second-order valence-electron chi connectivity index (χ2n) is 6.12. The van der Waals surface area contributed by atoms with Crippen LogP contribution in [0.5, 0.6) is 0 Å². The summed E-state index contributed by atoms with van der Waals surface area (Å²) in [6.45, 7) is 5.06. The van der Waals surface area contributed by atoms with E-state index in [-0.39, 0.29) is 17.3 Å². The van der Waals surface area contributed by atoms with Gasteiger partial charge >= 0.3 is 0 Å². The largest absolute Gasteiger partial charge is 0.370 e. The SMILES string of the molecule is CC[C@]12C[C@H](OCc3ccccc3)[C@](CC)(O1)C(Br)C2Br. The van der Waals surface area contributed by atoms with E-state index in [9.17, 15) is 0 Å². The number of hydrogen-bond acceptors (Lipinski definition) is 2. The summed E-state index contributed by atoms with van der Waals surface area (Å²) in [5, 5.41) is 0. The molecule has 2 aliphatic heterocycles. The van der Waals surface area contributed by atoms with Crippen LogP contribution in [0.4, 0.5) is 0 Å². The molecule has 0 spiro atoms. The molecule has 0 saturated carbocycles. The normalized spacial score (nSPS) is 41.6. The molecule has 0 aliphatic carbocycles. The lowest BCUT2D eigenvalue weighted by molar-refractivity contribution is -0.0967. The Morgan fingerprint density at radius 3 is 2.48 bits per heavy atom. The first kappa shape index (κ1) is 16.0. The van der Waals surface area contributed by atoms with E-state index in [0.717, 1.165) is 19.3 Å². The first-order valence-corrected chi connectivity index (χ1v) is 9.55. The summed E-state index contributed by atoms with van der Waals surface area (Å²) in [6, 6.07) is 10.4. The van der Waals surface area contributed by atoms with Gasteiger partial charge in [0.05, 0.1) is 28.0 Å². The Morgan fingerprint density at radius 1 is 1.14 bits per heavy atom. The Bertz CT molecular complexity index is 495. The average molecular weight is 418 g/mol. The Balaban J connectivity index is 1.77. The molecule has 21 heavy (non-hydrogen) atoms. The van der Waals surface area contributed by atoms with Crippen LogP contribution in [0.2, 0.25) is 0 Å². The second kappa shape index (κ2) is 5.95. The van der Waals surface area contributed by atoms with Gasteiger partial charge < -0.3 is 9.47 Å². The van der Waals surface area contributed by atoms with Gasteiger partial charge in [0.25, 0.3) is 0 Å². The zero-order chi connectivity index (χ0) is 15.1. The van der Waals surface area contributed by atoms with Crippen molar-refractivity contribution in [3.63, 3.8) is 0 Å². The maximum Gasteiger partial charge on any atom is 0.109 e. The van der Waals surface area contributed by atoms with Crippen molar-refractivity contribution < 1.29 is 9.47 Å². The van der Waals surface area contributed by atoms with E-state index < -0.39 is 0 Å². The Morgan fingerprint density at radius 2 is 1.86 bits per heavy atom. The van der Waals surface area contributed by atoms with Crippen molar-refractivity contribution >= 4 is 31.9 Å². The molecule has 1 aromatic rings. The van der Waals surface area contributed by atoms with E-state index >= 15 is 0 Å². The van der Waals surface area contributed by atoms with Crippen LogP contribution in [0.15, 0.2) is 30.3 Å². The molecule has 0 amide bonds.